The van der Waals surface area contributed by atoms with Crippen LogP contribution in [0.4, 0.5) is 22.7 Å². The molecule has 0 saturated carbocycles. The number of hydrogen-bond acceptors (Lipinski definition) is 3. The van der Waals surface area contributed by atoms with E-state index in [0.29, 0.717) is 5.92 Å². The highest BCUT2D eigenvalue weighted by atomic mass is 16.3. The standard InChI is InChI=1S/C37H28N2O/c1-25-12-3-2-10-23-38(32-17-7-4-13-27(25)32)26-21-22-36-31(24-26)30-16-11-20-35(37(30)40-36)39-33-18-8-5-14-28(33)29-15-6-9-19-34(29)39/h2-22,24,28,33H,1,23H2/b10-2-,12-3-/t28?,33-/m0/s1. The van der Waals surface area contributed by atoms with Gasteiger partial charge >= 0.3 is 0 Å². The van der Waals surface area contributed by atoms with Crippen molar-refractivity contribution in [3.63, 3.8) is 0 Å². The van der Waals surface area contributed by atoms with Gasteiger partial charge in [0.2, 0.25) is 0 Å². The Morgan fingerprint density at radius 1 is 0.725 bits per heavy atom. The van der Waals surface area contributed by atoms with E-state index in [-0.39, 0.29) is 6.04 Å². The SMILES string of the molecule is C=C1/C=C\C=C/CN(c2ccc3oc4c(N5c6ccccc6C6C=CC=C[C@@H]65)cccc4c3c2)c2ccccc21. The van der Waals surface area contributed by atoms with Gasteiger partial charge < -0.3 is 14.2 Å². The zero-order valence-corrected chi connectivity index (χ0v) is 22.1. The van der Waals surface area contributed by atoms with E-state index in [1.165, 1.54) is 11.3 Å². The maximum absolute atomic E-state index is 6.64. The average molecular weight is 517 g/mol. The molecule has 0 bridgehead atoms. The third kappa shape index (κ3) is 3.44. The second-order valence-corrected chi connectivity index (χ2v) is 10.6. The topological polar surface area (TPSA) is 19.6 Å². The summed E-state index contributed by atoms with van der Waals surface area (Å²) in [6, 6.07) is 30.6. The van der Waals surface area contributed by atoms with E-state index in [2.05, 4.69) is 150 Å². The maximum Gasteiger partial charge on any atom is 0.159 e. The molecule has 40 heavy (non-hydrogen) atoms. The lowest BCUT2D eigenvalue weighted by Gasteiger charge is -2.28. The molecule has 3 nitrogen and oxygen atoms in total. The zero-order chi connectivity index (χ0) is 26.6. The largest absolute Gasteiger partial charge is 0.454 e. The zero-order valence-electron chi connectivity index (χ0n) is 22.1. The van der Waals surface area contributed by atoms with E-state index in [1.54, 1.807) is 0 Å². The van der Waals surface area contributed by atoms with E-state index in [4.69, 9.17) is 4.42 Å². The van der Waals surface area contributed by atoms with Gasteiger partial charge in [0.05, 0.1) is 11.7 Å². The van der Waals surface area contributed by atoms with Crippen molar-refractivity contribution in [3.05, 3.63) is 151 Å². The van der Waals surface area contributed by atoms with E-state index < -0.39 is 0 Å². The van der Waals surface area contributed by atoms with Gasteiger partial charge in [0.1, 0.15) is 5.58 Å². The van der Waals surface area contributed by atoms with Crippen LogP contribution in [0, 0.1) is 0 Å². The summed E-state index contributed by atoms with van der Waals surface area (Å²) >= 11 is 0. The van der Waals surface area contributed by atoms with Crippen LogP contribution in [-0.2, 0) is 0 Å². The third-order valence-corrected chi connectivity index (χ3v) is 8.36. The summed E-state index contributed by atoms with van der Waals surface area (Å²) in [5.74, 6) is 0.334. The van der Waals surface area contributed by atoms with Crippen molar-refractivity contribution in [1.82, 2.24) is 0 Å². The second kappa shape index (κ2) is 9.03. The molecule has 0 radical (unpaired) electrons. The molecule has 3 heteroatoms. The number of allylic oxidation sites excluding steroid dienone is 6. The summed E-state index contributed by atoms with van der Waals surface area (Å²) in [7, 11) is 0. The minimum absolute atomic E-state index is 0.228. The molecule has 0 N–H and O–H groups in total. The van der Waals surface area contributed by atoms with Gasteiger partial charge in [-0.15, -0.1) is 0 Å². The van der Waals surface area contributed by atoms with Gasteiger partial charge in [-0.05, 0) is 47.5 Å². The van der Waals surface area contributed by atoms with Crippen molar-refractivity contribution < 1.29 is 4.42 Å². The Labute approximate surface area is 234 Å². The molecule has 3 heterocycles. The fourth-order valence-electron chi connectivity index (χ4n) is 6.53. The van der Waals surface area contributed by atoms with Gasteiger partial charge in [0, 0.05) is 45.9 Å². The number of para-hydroxylation sites is 3. The number of benzene rings is 4. The lowest BCUT2D eigenvalue weighted by atomic mass is 9.91. The molecule has 2 atom stereocenters. The Morgan fingerprint density at radius 2 is 1.55 bits per heavy atom. The van der Waals surface area contributed by atoms with E-state index in [1.807, 2.05) is 0 Å². The first-order valence-corrected chi connectivity index (χ1v) is 13.9. The summed E-state index contributed by atoms with van der Waals surface area (Å²) < 4.78 is 6.64. The van der Waals surface area contributed by atoms with Crippen LogP contribution in [0.2, 0.25) is 0 Å². The van der Waals surface area contributed by atoms with Crippen LogP contribution in [0.5, 0.6) is 0 Å². The monoisotopic (exact) mass is 516 g/mol. The first kappa shape index (κ1) is 22.9. The number of nitrogens with zero attached hydrogens (tertiary/aromatic N) is 2. The Bertz CT molecular complexity index is 1930. The quantitative estimate of drug-likeness (QED) is 0.233. The van der Waals surface area contributed by atoms with Gasteiger partial charge in [-0.3, -0.25) is 0 Å². The highest BCUT2D eigenvalue weighted by Gasteiger charge is 2.38. The summed E-state index contributed by atoms with van der Waals surface area (Å²) in [6.45, 7) is 5.08. The molecule has 192 valence electrons. The minimum Gasteiger partial charge on any atom is -0.454 e. The highest BCUT2D eigenvalue weighted by Crippen LogP contribution is 2.50. The van der Waals surface area contributed by atoms with Crippen molar-refractivity contribution in [2.45, 2.75) is 12.0 Å². The molecule has 0 spiro atoms. The molecule has 1 unspecified atom stereocenters. The molecule has 0 saturated heterocycles. The second-order valence-electron chi connectivity index (χ2n) is 10.6. The van der Waals surface area contributed by atoms with Crippen molar-refractivity contribution in [1.29, 1.82) is 0 Å². The first-order valence-electron chi connectivity index (χ1n) is 13.9. The summed E-state index contributed by atoms with van der Waals surface area (Å²) in [4.78, 5) is 4.81. The summed E-state index contributed by atoms with van der Waals surface area (Å²) in [6.07, 6.45) is 17.4. The number of anilines is 4. The number of furan rings is 1. The van der Waals surface area contributed by atoms with Crippen LogP contribution in [-0.4, -0.2) is 12.6 Å². The molecule has 1 aromatic heterocycles. The fourth-order valence-corrected chi connectivity index (χ4v) is 6.53. The van der Waals surface area contributed by atoms with Crippen LogP contribution in [0.25, 0.3) is 27.5 Å². The van der Waals surface area contributed by atoms with Crippen LogP contribution in [0.3, 0.4) is 0 Å². The normalized spacial score (nSPS) is 21.1. The molecule has 2 aliphatic heterocycles. The molecule has 5 aromatic rings. The predicted octanol–water partition coefficient (Wildman–Crippen LogP) is 9.59. The smallest absolute Gasteiger partial charge is 0.159 e. The minimum atomic E-state index is 0.228. The first-order chi connectivity index (χ1) is 19.8. The Kier molecular flexibility index (Phi) is 5.17. The summed E-state index contributed by atoms with van der Waals surface area (Å²) in [5, 5.41) is 2.25. The molecule has 0 amide bonds. The van der Waals surface area contributed by atoms with Crippen LogP contribution < -0.4 is 9.80 Å². The highest BCUT2D eigenvalue weighted by molar-refractivity contribution is 6.11. The average Bonchev–Trinajstić information content (AvgIpc) is 3.56. The Balaban J connectivity index is 1.29. The number of rotatable bonds is 2. The number of hydrogen-bond donors (Lipinski definition) is 0. The van der Waals surface area contributed by atoms with Crippen LogP contribution in [0.1, 0.15) is 17.0 Å². The van der Waals surface area contributed by atoms with Crippen molar-refractivity contribution in [2.75, 3.05) is 16.3 Å². The van der Waals surface area contributed by atoms with Gasteiger partial charge in [-0.2, -0.15) is 0 Å². The Hall–Kier alpha value is -5.02. The van der Waals surface area contributed by atoms with Crippen molar-refractivity contribution in [3.8, 4) is 0 Å². The maximum atomic E-state index is 6.64. The van der Waals surface area contributed by atoms with Gasteiger partial charge in [-0.1, -0.05) is 104 Å². The van der Waals surface area contributed by atoms with Crippen molar-refractivity contribution in [2.24, 2.45) is 0 Å². The molecule has 3 aliphatic rings. The summed E-state index contributed by atoms with van der Waals surface area (Å²) in [5.41, 5.74) is 9.95. The Morgan fingerprint density at radius 3 is 2.50 bits per heavy atom. The predicted molar refractivity (Wildman–Crippen MR) is 168 cm³/mol. The fraction of sp³-hybridized carbons (Fsp3) is 0.0811. The lowest BCUT2D eigenvalue weighted by molar-refractivity contribution is 0.663. The third-order valence-electron chi connectivity index (χ3n) is 8.36. The molecule has 8 rings (SSSR count). The molecule has 4 aromatic carbocycles. The van der Waals surface area contributed by atoms with Gasteiger partial charge in [0.25, 0.3) is 0 Å². The van der Waals surface area contributed by atoms with Crippen molar-refractivity contribution >= 4 is 50.3 Å². The van der Waals surface area contributed by atoms with E-state index in [9.17, 15) is 0 Å². The van der Waals surface area contributed by atoms with E-state index >= 15 is 0 Å². The molecular formula is C37H28N2O. The number of fused-ring (bicyclic) bond motifs is 7. The molecule has 0 fully saturated rings. The van der Waals surface area contributed by atoms with E-state index in [0.717, 1.165) is 56.7 Å². The van der Waals surface area contributed by atoms with Gasteiger partial charge in [0.15, 0.2) is 5.58 Å². The van der Waals surface area contributed by atoms with Crippen LogP contribution in [0.15, 0.2) is 145 Å². The molecular weight excluding hydrogens is 488 g/mol. The lowest BCUT2D eigenvalue weighted by Crippen LogP contribution is -2.28. The molecule has 1 aliphatic carbocycles. The van der Waals surface area contributed by atoms with Crippen LogP contribution >= 0.6 is 0 Å². The van der Waals surface area contributed by atoms with Gasteiger partial charge in [-0.25, -0.2) is 0 Å².